The largest absolute Gasteiger partial charge is 0.490 e. The minimum Gasteiger partial charge on any atom is -0.490 e. The molecule has 0 bridgehead atoms. The molecule has 1 amide bonds. The number of amides is 1. The second-order valence-corrected chi connectivity index (χ2v) is 10.6. The van der Waals surface area contributed by atoms with Crippen molar-refractivity contribution in [2.45, 2.75) is 51.7 Å². The lowest BCUT2D eigenvalue weighted by Gasteiger charge is -2.18. The normalized spacial score (nSPS) is 17.4. The van der Waals surface area contributed by atoms with E-state index in [1.807, 2.05) is 38.2 Å². The van der Waals surface area contributed by atoms with Crippen molar-refractivity contribution in [1.82, 2.24) is 15.2 Å². The first-order valence-electron chi connectivity index (χ1n) is 12.3. The maximum atomic E-state index is 12.6. The third-order valence-corrected chi connectivity index (χ3v) is 7.73. The van der Waals surface area contributed by atoms with E-state index in [2.05, 4.69) is 39.5 Å². The van der Waals surface area contributed by atoms with Crippen LogP contribution in [0.5, 0.6) is 5.75 Å². The number of hydrogen-bond acceptors (Lipinski definition) is 6. The minimum absolute atomic E-state index is 0.00779. The van der Waals surface area contributed by atoms with E-state index in [0.29, 0.717) is 17.9 Å². The van der Waals surface area contributed by atoms with Crippen molar-refractivity contribution in [2.24, 2.45) is 0 Å². The number of nitriles is 1. The van der Waals surface area contributed by atoms with Crippen LogP contribution in [0.15, 0.2) is 42.6 Å². The molecule has 35 heavy (non-hydrogen) atoms. The Balaban J connectivity index is 1.35. The van der Waals surface area contributed by atoms with E-state index in [1.54, 1.807) is 11.3 Å². The number of ether oxygens (including phenoxy) is 1. The van der Waals surface area contributed by atoms with E-state index in [4.69, 9.17) is 4.74 Å². The van der Waals surface area contributed by atoms with Crippen LogP contribution in [0, 0.1) is 11.3 Å². The standard InChI is InChI=1S/C28H30N4O2S/c1-18(2)34-25-11-8-19(14-20(25)15-29)28-30-16-26(35-28)23-7-5-6-22-21(23)9-10-24(22)31-27(33)17-32-12-3-4-13-32/h5-8,11,14,16,18,24H,3-4,9-10,12-13,17H2,1-2H3,(H,31,33). The Kier molecular flexibility index (Phi) is 6.85. The van der Waals surface area contributed by atoms with Gasteiger partial charge in [0.05, 0.1) is 29.1 Å². The molecule has 2 aliphatic rings. The van der Waals surface area contributed by atoms with Crippen molar-refractivity contribution in [3.05, 3.63) is 59.3 Å². The number of fused-ring (bicyclic) bond motifs is 1. The van der Waals surface area contributed by atoms with E-state index in [9.17, 15) is 10.1 Å². The average Bonchev–Trinajstić information content (AvgIpc) is 3.61. The topological polar surface area (TPSA) is 78.2 Å². The van der Waals surface area contributed by atoms with Gasteiger partial charge in [0.2, 0.25) is 5.91 Å². The molecule has 1 N–H and O–H groups in total. The van der Waals surface area contributed by atoms with Gasteiger partial charge in [0, 0.05) is 11.8 Å². The van der Waals surface area contributed by atoms with E-state index >= 15 is 0 Å². The van der Waals surface area contributed by atoms with Gasteiger partial charge in [-0.15, -0.1) is 11.3 Å². The van der Waals surface area contributed by atoms with Gasteiger partial charge in [-0.05, 0) is 87.5 Å². The molecule has 5 rings (SSSR count). The quantitative estimate of drug-likeness (QED) is 0.488. The van der Waals surface area contributed by atoms with Gasteiger partial charge in [-0.2, -0.15) is 5.26 Å². The van der Waals surface area contributed by atoms with Gasteiger partial charge < -0.3 is 10.1 Å². The third kappa shape index (κ3) is 5.09. The zero-order valence-electron chi connectivity index (χ0n) is 20.2. The molecule has 6 nitrogen and oxygen atoms in total. The highest BCUT2D eigenvalue weighted by atomic mass is 32.1. The molecule has 180 valence electrons. The molecule has 1 aliphatic carbocycles. The average molecular weight is 487 g/mol. The van der Waals surface area contributed by atoms with Crippen molar-refractivity contribution in [3.8, 4) is 32.8 Å². The number of benzene rings is 2. The number of hydrogen-bond donors (Lipinski definition) is 1. The summed E-state index contributed by atoms with van der Waals surface area (Å²) in [7, 11) is 0. The molecule has 7 heteroatoms. The molecule has 1 fully saturated rings. The maximum Gasteiger partial charge on any atom is 0.234 e. The van der Waals surface area contributed by atoms with E-state index in [1.165, 1.54) is 29.5 Å². The zero-order chi connectivity index (χ0) is 24.4. The van der Waals surface area contributed by atoms with Crippen LogP contribution in [-0.4, -0.2) is 41.5 Å². The van der Waals surface area contributed by atoms with Gasteiger partial charge >= 0.3 is 0 Å². The number of carbonyl (C=O) groups excluding carboxylic acids is 1. The summed E-state index contributed by atoms with van der Waals surface area (Å²) in [5.74, 6) is 0.718. The van der Waals surface area contributed by atoms with Crippen LogP contribution in [0.2, 0.25) is 0 Å². The zero-order valence-corrected chi connectivity index (χ0v) is 21.0. The monoisotopic (exact) mass is 486 g/mol. The van der Waals surface area contributed by atoms with Crippen molar-refractivity contribution < 1.29 is 9.53 Å². The highest BCUT2D eigenvalue weighted by molar-refractivity contribution is 7.18. The summed E-state index contributed by atoms with van der Waals surface area (Å²) in [4.78, 5) is 20.6. The van der Waals surface area contributed by atoms with Gasteiger partial charge in [-0.25, -0.2) is 4.98 Å². The smallest absolute Gasteiger partial charge is 0.234 e. The van der Waals surface area contributed by atoms with Gasteiger partial charge in [-0.1, -0.05) is 18.2 Å². The molecule has 0 radical (unpaired) electrons. The van der Waals surface area contributed by atoms with Crippen LogP contribution in [0.4, 0.5) is 0 Å². The Bertz CT molecular complexity index is 1270. The summed E-state index contributed by atoms with van der Waals surface area (Å²) in [6.45, 7) is 6.44. The molecule has 1 aliphatic heterocycles. The van der Waals surface area contributed by atoms with Crippen molar-refractivity contribution in [2.75, 3.05) is 19.6 Å². The lowest BCUT2D eigenvalue weighted by molar-refractivity contribution is -0.122. The van der Waals surface area contributed by atoms with Crippen LogP contribution in [0.3, 0.4) is 0 Å². The first-order valence-corrected chi connectivity index (χ1v) is 13.1. The predicted molar refractivity (Wildman–Crippen MR) is 138 cm³/mol. The van der Waals surface area contributed by atoms with Crippen molar-refractivity contribution >= 4 is 17.2 Å². The van der Waals surface area contributed by atoms with E-state index in [-0.39, 0.29) is 18.1 Å². The molecular formula is C28H30N4O2S. The highest BCUT2D eigenvalue weighted by Gasteiger charge is 2.27. The summed E-state index contributed by atoms with van der Waals surface area (Å²) in [6, 6.07) is 14.3. The van der Waals surface area contributed by atoms with Gasteiger partial charge in [0.15, 0.2) is 0 Å². The molecule has 0 saturated carbocycles. The number of nitrogens with zero attached hydrogens (tertiary/aromatic N) is 3. The summed E-state index contributed by atoms with van der Waals surface area (Å²) in [6.07, 6.45) is 6.16. The Morgan fingerprint density at radius 1 is 1.29 bits per heavy atom. The molecule has 2 aromatic carbocycles. The van der Waals surface area contributed by atoms with Crippen LogP contribution in [0.25, 0.3) is 21.0 Å². The lowest BCUT2D eigenvalue weighted by Crippen LogP contribution is -2.37. The highest BCUT2D eigenvalue weighted by Crippen LogP contribution is 2.41. The summed E-state index contributed by atoms with van der Waals surface area (Å²) >= 11 is 1.63. The Labute approximate surface area is 210 Å². The SMILES string of the molecule is CC(C)Oc1ccc(-c2ncc(-c3cccc4c3CCC4NC(=O)CN3CCCC3)s2)cc1C#N. The number of nitrogens with one attached hydrogen (secondary N) is 1. The maximum absolute atomic E-state index is 12.6. The Hall–Kier alpha value is -3.21. The fourth-order valence-electron chi connectivity index (χ4n) is 5.06. The Morgan fingerprint density at radius 3 is 2.89 bits per heavy atom. The number of thiazole rings is 1. The summed E-state index contributed by atoms with van der Waals surface area (Å²) < 4.78 is 5.75. The fourth-order valence-corrected chi connectivity index (χ4v) is 6.02. The van der Waals surface area contributed by atoms with Gasteiger partial charge in [-0.3, -0.25) is 9.69 Å². The number of rotatable bonds is 7. The van der Waals surface area contributed by atoms with Crippen molar-refractivity contribution in [1.29, 1.82) is 5.26 Å². The molecule has 1 saturated heterocycles. The second-order valence-electron chi connectivity index (χ2n) is 9.53. The van der Waals surface area contributed by atoms with Crippen molar-refractivity contribution in [3.63, 3.8) is 0 Å². The first-order chi connectivity index (χ1) is 17.0. The molecule has 2 heterocycles. The number of aromatic nitrogens is 1. The van der Waals surface area contributed by atoms with E-state index < -0.39 is 0 Å². The minimum atomic E-state index is 0.00779. The third-order valence-electron chi connectivity index (χ3n) is 6.65. The van der Waals surface area contributed by atoms with Gasteiger partial charge in [0.25, 0.3) is 0 Å². The number of likely N-dealkylation sites (tertiary alicyclic amines) is 1. The summed E-state index contributed by atoms with van der Waals surface area (Å²) in [5.41, 5.74) is 5.12. The molecular weight excluding hydrogens is 456 g/mol. The second kappa shape index (κ2) is 10.2. The van der Waals surface area contributed by atoms with Crippen LogP contribution < -0.4 is 10.1 Å². The van der Waals surface area contributed by atoms with Crippen LogP contribution in [-0.2, 0) is 11.2 Å². The molecule has 3 aromatic rings. The number of carbonyl (C=O) groups is 1. The molecule has 1 atom stereocenters. The van der Waals surface area contributed by atoms with Crippen LogP contribution >= 0.6 is 11.3 Å². The fraction of sp³-hybridized carbons (Fsp3) is 0.393. The molecule has 1 unspecified atom stereocenters. The Morgan fingerprint density at radius 2 is 2.11 bits per heavy atom. The van der Waals surface area contributed by atoms with Gasteiger partial charge in [0.1, 0.15) is 16.8 Å². The molecule has 1 aromatic heterocycles. The summed E-state index contributed by atoms with van der Waals surface area (Å²) in [5, 5.41) is 13.7. The first kappa shape index (κ1) is 23.5. The molecule has 0 spiro atoms. The van der Waals surface area contributed by atoms with Crippen LogP contribution in [0.1, 0.15) is 55.8 Å². The predicted octanol–water partition coefficient (Wildman–Crippen LogP) is 5.34. The van der Waals surface area contributed by atoms with E-state index in [0.717, 1.165) is 41.4 Å². The lowest BCUT2D eigenvalue weighted by atomic mass is 10.0.